The first-order valence-corrected chi connectivity index (χ1v) is 7.13. The van der Waals surface area contributed by atoms with Gasteiger partial charge in [0.2, 0.25) is 0 Å². The monoisotopic (exact) mass is 318 g/mol. The standard InChI is InChI=1S/C12H23BrN4O/c1-5-17-11(12(13)8(3)16-17)7-10(15-14)9(4)18-6-2/h9-10,15H,5-7,14H2,1-4H3. The minimum absolute atomic E-state index is 0.0624. The van der Waals surface area contributed by atoms with Crippen molar-refractivity contribution in [3.63, 3.8) is 0 Å². The summed E-state index contributed by atoms with van der Waals surface area (Å²) in [5, 5.41) is 4.48. The summed E-state index contributed by atoms with van der Waals surface area (Å²) in [5.74, 6) is 5.63. The van der Waals surface area contributed by atoms with E-state index in [2.05, 4.69) is 33.4 Å². The number of rotatable bonds is 7. The molecule has 0 amide bonds. The van der Waals surface area contributed by atoms with Gasteiger partial charge in [-0.1, -0.05) is 0 Å². The fourth-order valence-corrected chi connectivity index (χ4v) is 2.46. The largest absolute Gasteiger partial charge is 0.377 e. The molecule has 6 heteroatoms. The van der Waals surface area contributed by atoms with E-state index in [1.807, 2.05) is 25.5 Å². The molecule has 0 radical (unpaired) electrons. The van der Waals surface area contributed by atoms with Crippen molar-refractivity contribution in [3.05, 3.63) is 15.9 Å². The summed E-state index contributed by atoms with van der Waals surface area (Å²) in [7, 11) is 0. The molecule has 2 atom stereocenters. The Hall–Kier alpha value is -0.430. The van der Waals surface area contributed by atoms with Crippen LogP contribution in [-0.4, -0.2) is 28.5 Å². The van der Waals surface area contributed by atoms with Crippen LogP contribution < -0.4 is 11.3 Å². The van der Waals surface area contributed by atoms with Crippen LogP contribution in [0.1, 0.15) is 32.2 Å². The molecule has 0 aliphatic carbocycles. The summed E-state index contributed by atoms with van der Waals surface area (Å²) in [6.07, 6.45) is 0.847. The average Bonchev–Trinajstić information content (AvgIpc) is 2.62. The van der Waals surface area contributed by atoms with E-state index in [1.165, 1.54) is 0 Å². The summed E-state index contributed by atoms with van der Waals surface area (Å²) >= 11 is 3.59. The smallest absolute Gasteiger partial charge is 0.0738 e. The third-order valence-electron chi connectivity index (χ3n) is 3.08. The van der Waals surface area contributed by atoms with Gasteiger partial charge in [-0.2, -0.15) is 5.10 Å². The Balaban J connectivity index is 2.87. The summed E-state index contributed by atoms with van der Waals surface area (Å²) in [6.45, 7) is 9.63. The zero-order valence-corrected chi connectivity index (χ0v) is 13.1. The Labute approximate surface area is 117 Å². The summed E-state index contributed by atoms with van der Waals surface area (Å²) < 4.78 is 8.67. The lowest BCUT2D eigenvalue weighted by molar-refractivity contribution is 0.0471. The SMILES string of the molecule is CCOC(C)C(Cc1c(Br)c(C)nn1CC)NN. The highest BCUT2D eigenvalue weighted by Gasteiger charge is 2.21. The molecule has 1 rings (SSSR count). The van der Waals surface area contributed by atoms with Crippen LogP contribution in [0.25, 0.3) is 0 Å². The summed E-state index contributed by atoms with van der Waals surface area (Å²) in [4.78, 5) is 0. The lowest BCUT2D eigenvalue weighted by Gasteiger charge is -2.23. The minimum Gasteiger partial charge on any atom is -0.377 e. The van der Waals surface area contributed by atoms with Gasteiger partial charge in [0, 0.05) is 19.6 Å². The summed E-state index contributed by atoms with van der Waals surface area (Å²) in [6, 6.07) is 0.0719. The average molecular weight is 319 g/mol. The van der Waals surface area contributed by atoms with Crippen molar-refractivity contribution >= 4 is 15.9 Å². The van der Waals surface area contributed by atoms with Crippen molar-refractivity contribution in [3.8, 4) is 0 Å². The van der Waals surface area contributed by atoms with Crippen LogP contribution in [0.2, 0.25) is 0 Å². The zero-order chi connectivity index (χ0) is 13.7. The molecule has 5 nitrogen and oxygen atoms in total. The molecule has 1 aromatic rings. The number of hydrazine groups is 1. The van der Waals surface area contributed by atoms with Gasteiger partial charge in [-0.05, 0) is 43.6 Å². The number of ether oxygens (including phenoxy) is 1. The molecule has 2 unspecified atom stereocenters. The van der Waals surface area contributed by atoms with E-state index in [0.29, 0.717) is 6.61 Å². The van der Waals surface area contributed by atoms with Crippen LogP contribution in [0.4, 0.5) is 0 Å². The predicted octanol–water partition coefficient (Wildman–Crippen LogP) is 1.77. The van der Waals surface area contributed by atoms with Crippen molar-refractivity contribution in [2.24, 2.45) is 5.84 Å². The van der Waals surface area contributed by atoms with Crippen LogP contribution in [0.15, 0.2) is 4.47 Å². The molecular weight excluding hydrogens is 296 g/mol. The molecule has 0 aliphatic rings. The number of halogens is 1. The van der Waals surface area contributed by atoms with E-state index in [0.717, 1.165) is 28.8 Å². The fourth-order valence-electron chi connectivity index (χ4n) is 2.01. The van der Waals surface area contributed by atoms with Gasteiger partial charge < -0.3 is 4.74 Å². The van der Waals surface area contributed by atoms with Crippen molar-refractivity contribution in [2.45, 2.75) is 52.8 Å². The van der Waals surface area contributed by atoms with E-state index in [9.17, 15) is 0 Å². The number of aromatic nitrogens is 2. The molecule has 1 heterocycles. The number of nitrogens with zero attached hydrogens (tertiary/aromatic N) is 2. The van der Waals surface area contributed by atoms with E-state index in [1.54, 1.807) is 0 Å². The molecular formula is C12H23BrN4O. The molecule has 0 saturated heterocycles. The van der Waals surface area contributed by atoms with Crippen molar-refractivity contribution < 1.29 is 4.74 Å². The Bertz CT molecular complexity index is 380. The third-order valence-corrected chi connectivity index (χ3v) is 4.11. The van der Waals surface area contributed by atoms with Crippen LogP contribution in [0, 0.1) is 6.92 Å². The molecule has 1 aromatic heterocycles. The first kappa shape index (κ1) is 15.6. The van der Waals surface area contributed by atoms with Crippen molar-refractivity contribution in [2.75, 3.05) is 6.61 Å². The van der Waals surface area contributed by atoms with Gasteiger partial charge in [0.25, 0.3) is 0 Å². The van der Waals surface area contributed by atoms with Gasteiger partial charge in [-0.3, -0.25) is 16.0 Å². The van der Waals surface area contributed by atoms with Crippen molar-refractivity contribution in [1.82, 2.24) is 15.2 Å². The Morgan fingerprint density at radius 3 is 2.67 bits per heavy atom. The number of nitrogens with two attached hydrogens (primary N) is 1. The van der Waals surface area contributed by atoms with Gasteiger partial charge >= 0.3 is 0 Å². The van der Waals surface area contributed by atoms with Crippen LogP contribution in [0.3, 0.4) is 0 Å². The molecule has 0 aliphatic heterocycles. The number of hydrogen-bond donors (Lipinski definition) is 2. The first-order valence-electron chi connectivity index (χ1n) is 6.34. The third kappa shape index (κ3) is 3.54. The van der Waals surface area contributed by atoms with Gasteiger partial charge in [0.15, 0.2) is 0 Å². The second-order valence-electron chi connectivity index (χ2n) is 4.30. The first-order chi connectivity index (χ1) is 8.54. The highest BCUT2D eigenvalue weighted by atomic mass is 79.9. The van der Waals surface area contributed by atoms with Gasteiger partial charge in [0.05, 0.1) is 28.0 Å². The van der Waals surface area contributed by atoms with Crippen LogP contribution in [0.5, 0.6) is 0 Å². The maximum absolute atomic E-state index is 5.63. The Morgan fingerprint density at radius 2 is 2.17 bits per heavy atom. The lowest BCUT2D eigenvalue weighted by atomic mass is 10.1. The predicted molar refractivity (Wildman–Crippen MR) is 76.2 cm³/mol. The van der Waals surface area contributed by atoms with Gasteiger partial charge in [-0.25, -0.2) is 0 Å². The molecule has 0 fully saturated rings. The minimum atomic E-state index is 0.0624. The fraction of sp³-hybridized carbons (Fsp3) is 0.750. The Morgan fingerprint density at radius 1 is 1.50 bits per heavy atom. The zero-order valence-electron chi connectivity index (χ0n) is 11.5. The molecule has 0 bridgehead atoms. The normalized spacial score (nSPS) is 14.8. The van der Waals surface area contributed by atoms with Crippen LogP contribution >= 0.6 is 15.9 Å². The topological polar surface area (TPSA) is 65.1 Å². The molecule has 18 heavy (non-hydrogen) atoms. The van der Waals surface area contributed by atoms with E-state index in [4.69, 9.17) is 10.6 Å². The number of nitrogens with one attached hydrogen (secondary N) is 1. The van der Waals surface area contributed by atoms with Crippen molar-refractivity contribution in [1.29, 1.82) is 0 Å². The van der Waals surface area contributed by atoms with Gasteiger partial charge in [-0.15, -0.1) is 0 Å². The maximum atomic E-state index is 5.63. The number of hydrogen-bond acceptors (Lipinski definition) is 4. The highest BCUT2D eigenvalue weighted by molar-refractivity contribution is 9.10. The van der Waals surface area contributed by atoms with E-state index >= 15 is 0 Å². The lowest BCUT2D eigenvalue weighted by Crippen LogP contribution is -2.45. The van der Waals surface area contributed by atoms with E-state index < -0.39 is 0 Å². The highest BCUT2D eigenvalue weighted by Crippen LogP contribution is 2.23. The van der Waals surface area contributed by atoms with Gasteiger partial charge in [0.1, 0.15) is 0 Å². The quantitative estimate of drug-likeness (QED) is 0.594. The Kier molecular flexibility index (Phi) is 6.28. The molecule has 0 aromatic carbocycles. The van der Waals surface area contributed by atoms with Crippen LogP contribution in [-0.2, 0) is 17.7 Å². The summed E-state index contributed by atoms with van der Waals surface area (Å²) in [5.41, 5.74) is 5.00. The molecule has 3 N–H and O–H groups in total. The second-order valence-corrected chi connectivity index (χ2v) is 5.09. The molecule has 104 valence electrons. The number of aryl methyl sites for hydroxylation is 2. The maximum Gasteiger partial charge on any atom is 0.0738 e. The second kappa shape index (κ2) is 7.23. The molecule has 0 spiro atoms. The van der Waals surface area contributed by atoms with E-state index in [-0.39, 0.29) is 12.1 Å². The molecule has 0 saturated carbocycles.